The lowest BCUT2D eigenvalue weighted by molar-refractivity contribution is 0.0690. The third kappa shape index (κ3) is 2.50. The molecule has 1 aliphatic carbocycles. The molecule has 0 aliphatic heterocycles. The summed E-state index contributed by atoms with van der Waals surface area (Å²) in [5.41, 5.74) is 6.08. The second-order valence-electron chi connectivity index (χ2n) is 4.85. The summed E-state index contributed by atoms with van der Waals surface area (Å²) >= 11 is 1.38. The fraction of sp³-hybridized carbons (Fsp3) is 0.667. The monoisotopic (exact) mass is 254 g/mol. The predicted octanol–water partition coefficient (Wildman–Crippen LogP) is 2.60. The van der Waals surface area contributed by atoms with Gasteiger partial charge in [-0.2, -0.15) is 0 Å². The Balaban J connectivity index is 2.13. The fourth-order valence-corrected chi connectivity index (χ4v) is 3.38. The van der Waals surface area contributed by atoms with Crippen LogP contribution in [0.5, 0.6) is 0 Å². The molecule has 5 heteroatoms. The van der Waals surface area contributed by atoms with Crippen molar-refractivity contribution in [2.45, 2.75) is 44.6 Å². The zero-order chi connectivity index (χ0) is 12.5. The number of hydrogen-bond acceptors (Lipinski definition) is 4. The van der Waals surface area contributed by atoms with Crippen molar-refractivity contribution >= 4 is 17.3 Å². The molecular formula is C12H18N2O2S. The predicted molar refractivity (Wildman–Crippen MR) is 67.2 cm³/mol. The zero-order valence-corrected chi connectivity index (χ0v) is 10.8. The van der Waals surface area contributed by atoms with Crippen LogP contribution in [0.3, 0.4) is 0 Å². The minimum Gasteiger partial charge on any atom is -0.476 e. The molecule has 1 aromatic heterocycles. The first-order chi connectivity index (χ1) is 8.05. The van der Waals surface area contributed by atoms with E-state index in [0.29, 0.717) is 0 Å². The van der Waals surface area contributed by atoms with E-state index in [4.69, 9.17) is 10.8 Å². The zero-order valence-electron chi connectivity index (χ0n) is 9.98. The Kier molecular flexibility index (Phi) is 3.49. The Labute approximate surface area is 105 Å². The van der Waals surface area contributed by atoms with E-state index in [9.17, 15) is 4.79 Å². The molecule has 1 fully saturated rings. The van der Waals surface area contributed by atoms with E-state index in [1.165, 1.54) is 17.8 Å². The van der Waals surface area contributed by atoms with Crippen molar-refractivity contribution in [3.8, 4) is 0 Å². The van der Waals surface area contributed by atoms with Crippen molar-refractivity contribution in [2.75, 3.05) is 0 Å². The Bertz CT molecular complexity index is 408. The highest BCUT2D eigenvalue weighted by atomic mass is 32.1. The molecule has 1 saturated carbocycles. The standard InChI is InChI=1S/C12H18N2O2S/c1-2-8-3-5-12(13,6-4-8)11-14-9(7-17-11)10(15)16/h7-8H,2-6,13H2,1H3,(H,15,16). The molecule has 0 unspecified atom stereocenters. The van der Waals surface area contributed by atoms with Crippen molar-refractivity contribution < 1.29 is 9.90 Å². The molecule has 0 bridgehead atoms. The normalized spacial score (nSPS) is 29.2. The van der Waals surface area contributed by atoms with Gasteiger partial charge in [0, 0.05) is 5.38 Å². The molecule has 0 spiro atoms. The number of aromatic carboxylic acids is 1. The van der Waals surface area contributed by atoms with E-state index < -0.39 is 11.5 Å². The Morgan fingerprint density at radius 2 is 2.29 bits per heavy atom. The van der Waals surface area contributed by atoms with Gasteiger partial charge in [0.25, 0.3) is 0 Å². The van der Waals surface area contributed by atoms with E-state index >= 15 is 0 Å². The van der Waals surface area contributed by atoms with E-state index in [1.54, 1.807) is 5.38 Å². The van der Waals surface area contributed by atoms with Crippen LogP contribution in [0.15, 0.2) is 5.38 Å². The first-order valence-corrected chi connectivity index (χ1v) is 6.91. The van der Waals surface area contributed by atoms with Gasteiger partial charge in [-0.05, 0) is 31.6 Å². The minimum atomic E-state index is -0.974. The topological polar surface area (TPSA) is 76.2 Å². The van der Waals surface area contributed by atoms with Crippen molar-refractivity contribution in [1.29, 1.82) is 0 Å². The van der Waals surface area contributed by atoms with Gasteiger partial charge in [0.1, 0.15) is 5.01 Å². The highest BCUT2D eigenvalue weighted by molar-refractivity contribution is 7.10. The van der Waals surface area contributed by atoms with Crippen LogP contribution < -0.4 is 5.73 Å². The molecule has 0 radical (unpaired) electrons. The summed E-state index contributed by atoms with van der Waals surface area (Å²) in [5, 5.41) is 11.2. The average Bonchev–Trinajstić information content (AvgIpc) is 2.80. The highest BCUT2D eigenvalue weighted by Crippen LogP contribution is 2.39. The molecule has 3 N–H and O–H groups in total. The summed E-state index contributed by atoms with van der Waals surface area (Å²) in [4.78, 5) is 15.0. The summed E-state index contributed by atoms with van der Waals surface area (Å²) in [7, 11) is 0. The second kappa shape index (κ2) is 4.74. The van der Waals surface area contributed by atoms with Gasteiger partial charge in [0.2, 0.25) is 0 Å². The van der Waals surface area contributed by atoms with Crippen LogP contribution in [-0.4, -0.2) is 16.1 Å². The SMILES string of the molecule is CCC1CCC(N)(c2nc(C(=O)O)cs2)CC1. The van der Waals surface area contributed by atoms with Crippen molar-refractivity contribution in [3.05, 3.63) is 16.1 Å². The largest absolute Gasteiger partial charge is 0.476 e. The molecule has 4 nitrogen and oxygen atoms in total. The Morgan fingerprint density at radius 3 is 2.76 bits per heavy atom. The maximum Gasteiger partial charge on any atom is 0.355 e. The number of thiazole rings is 1. The molecule has 17 heavy (non-hydrogen) atoms. The van der Waals surface area contributed by atoms with Gasteiger partial charge < -0.3 is 10.8 Å². The van der Waals surface area contributed by atoms with Gasteiger partial charge in [-0.15, -0.1) is 11.3 Å². The van der Waals surface area contributed by atoms with Crippen LogP contribution in [0.25, 0.3) is 0 Å². The number of hydrogen-bond donors (Lipinski definition) is 2. The van der Waals surface area contributed by atoms with Crippen LogP contribution in [0.1, 0.15) is 54.5 Å². The van der Waals surface area contributed by atoms with Gasteiger partial charge in [-0.25, -0.2) is 9.78 Å². The number of nitrogens with zero attached hydrogens (tertiary/aromatic N) is 1. The number of carboxylic acids is 1. The molecule has 94 valence electrons. The van der Waals surface area contributed by atoms with E-state index in [-0.39, 0.29) is 5.69 Å². The molecule has 0 atom stereocenters. The lowest BCUT2D eigenvalue weighted by Crippen LogP contribution is -2.40. The van der Waals surface area contributed by atoms with Crippen molar-refractivity contribution in [1.82, 2.24) is 4.98 Å². The maximum absolute atomic E-state index is 10.8. The molecule has 0 aromatic carbocycles. The van der Waals surface area contributed by atoms with Crippen LogP contribution in [0.2, 0.25) is 0 Å². The Hall–Kier alpha value is -0.940. The highest BCUT2D eigenvalue weighted by Gasteiger charge is 2.35. The number of rotatable bonds is 3. The minimum absolute atomic E-state index is 0.118. The van der Waals surface area contributed by atoms with Crippen LogP contribution in [-0.2, 0) is 5.54 Å². The number of carbonyl (C=O) groups is 1. The smallest absolute Gasteiger partial charge is 0.355 e. The lowest BCUT2D eigenvalue weighted by Gasteiger charge is -2.35. The first kappa shape index (κ1) is 12.5. The van der Waals surface area contributed by atoms with Gasteiger partial charge in [-0.1, -0.05) is 13.3 Å². The quantitative estimate of drug-likeness (QED) is 0.869. The molecule has 0 amide bonds. The van der Waals surface area contributed by atoms with Crippen LogP contribution in [0, 0.1) is 5.92 Å². The van der Waals surface area contributed by atoms with Crippen molar-refractivity contribution in [2.24, 2.45) is 11.7 Å². The van der Waals surface area contributed by atoms with Crippen LogP contribution >= 0.6 is 11.3 Å². The average molecular weight is 254 g/mol. The molecule has 1 aromatic rings. The summed E-state index contributed by atoms with van der Waals surface area (Å²) in [6.45, 7) is 2.21. The van der Waals surface area contributed by atoms with Gasteiger partial charge in [0.15, 0.2) is 5.69 Å². The van der Waals surface area contributed by atoms with Gasteiger partial charge in [-0.3, -0.25) is 0 Å². The summed E-state index contributed by atoms with van der Waals surface area (Å²) in [6.07, 6.45) is 5.27. The van der Waals surface area contributed by atoms with Crippen LogP contribution in [0.4, 0.5) is 0 Å². The van der Waals surface area contributed by atoms with E-state index in [0.717, 1.165) is 36.6 Å². The molecule has 1 heterocycles. The first-order valence-electron chi connectivity index (χ1n) is 6.03. The molecular weight excluding hydrogens is 236 g/mol. The number of aromatic nitrogens is 1. The molecule has 2 rings (SSSR count). The van der Waals surface area contributed by atoms with E-state index in [2.05, 4.69) is 11.9 Å². The second-order valence-corrected chi connectivity index (χ2v) is 5.71. The fourth-order valence-electron chi connectivity index (χ4n) is 2.42. The van der Waals surface area contributed by atoms with Gasteiger partial charge >= 0.3 is 5.97 Å². The summed E-state index contributed by atoms with van der Waals surface area (Å²) < 4.78 is 0. The van der Waals surface area contributed by atoms with E-state index in [1.807, 2.05) is 0 Å². The lowest BCUT2D eigenvalue weighted by atomic mass is 9.76. The summed E-state index contributed by atoms with van der Waals surface area (Å²) in [5.74, 6) is -0.205. The maximum atomic E-state index is 10.8. The number of nitrogens with two attached hydrogens (primary N) is 1. The number of carboxylic acid groups (broad SMARTS) is 1. The third-order valence-corrected chi connectivity index (χ3v) is 4.79. The summed E-state index contributed by atoms with van der Waals surface area (Å²) in [6, 6.07) is 0. The van der Waals surface area contributed by atoms with Crippen molar-refractivity contribution in [3.63, 3.8) is 0 Å². The Morgan fingerprint density at radius 1 is 1.65 bits per heavy atom. The molecule has 0 saturated heterocycles. The molecule has 1 aliphatic rings. The van der Waals surface area contributed by atoms with Gasteiger partial charge in [0.05, 0.1) is 5.54 Å². The third-order valence-electron chi connectivity index (χ3n) is 3.72.